The van der Waals surface area contributed by atoms with E-state index in [1.165, 1.54) is 22.2 Å². The molecule has 5 nitrogen and oxygen atoms in total. The lowest BCUT2D eigenvalue weighted by Crippen LogP contribution is -2.15. The maximum Gasteiger partial charge on any atom is 0.234 e. The van der Waals surface area contributed by atoms with Crippen LogP contribution in [0.2, 0.25) is 5.02 Å². The number of thioether (sulfide) groups is 1. The van der Waals surface area contributed by atoms with Gasteiger partial charge in [0.25, 0.3) is 0 Å². The minimum Gasteiger partial charge on any atom is -0.324 e. The average molecular weight is 421 g/mol. The number of halogens is 1. The number of hydrogen-bond donors (Lipinski definition) is 1. The molecule has 0 radical (unpaired) electrons. The van der Waals surface area contributed by atoms with E-state index in [0.717, 1.165) is 29.5 Å². The summed E-state index contributed by atoms with van der Waals surface area (Å²) in [5, 5.41) is 15.0. The van der Waals surface area contributed by atoms with Gasteiger partial charge in [-0.1, -0.05) is 42.4 Å². The van der Waals surface area contributed by atoms with Crippen molar-refractivity contribution in [2.24, 2.45) is 0 Å². The Labute approximate surface area is 172 Å². The molecule has 0 fully saturated rings. The van der Waals surface area contributed by atoms with Gasteiger partial charge in [-0.05, 0) is 38.0 Å². The Morgan fingerprint density at radius 3 is 2.78 bits per heavy atom. The van der Waals surface area contributed by atoms with Crippen LogP contribution in [0.1, 0.15) is 24.3 Å². The van der Waals surface area contributed by atoms with Gasteiger partial charge in [0.1, 0.15) is 0 Å². The first-order valence-corrected chi connectivity index (χ1v) is 11.0. The Hall–Kier alpha value is -1.83. The number of carbonyl (C=O) groups is 1. The largest absolute Gasteiger partial charge is 0.324 e. The van der Waals surface area contributed by atoms with E-state index < -0.39 is 0 Å². The van der Waals surface area contributed by atoms with Gasteiger partial charge in [-0.3, -0.25) is 4.79 Å². The quantitative estimate of drug-likeness (QED) is 0.528. The van der Waals surface area contributed by atoms with Gasteiger partial charge in [-0.15, -0.1) is 21.5 Å². The monoisotopic (exact) mass is 420 g/mol. The topological polar surface area (TPSA) is 59.8 Å². The zero-order valence-corrected chi connectivity index (χ0v) is 17.8. The molecule has 27 heavy (non-hydrogen) atoms. The molecule has 1 N–H and O–H groups in total. The molecule has 0 unspecified atom stereocenters. The van der Waals surface area contributed by atoms with Crippen LogP contribution in [0.3, 0.4) is 0 Å². The lowest BCUT2D eigenvalue weighted by Gasteiger charge is -2.09. The summed E-state index contributed by atoms with van der Waals surface area (Å²) in [6, 6.07) is 7.19. The van der Waals surface area contributed by atoms with E-state index in [9.17, 15) is 4.79 Å². The summed E-state index contributed by atoms with van der Waals surface area (Å²) in [5.41, 5.74) is 3.07. The van der Waals surface area contributed by atoms with Gasteiger partial charge in [0.15, 0.2) is 11.0 Å². The highest BCUT2D eigenvalue weighted by Crippen LogP contribution is 2.32. The number of aryl methyl sites for hydroxylation is 1. The lowest BCUT2D eigenvalue weighted by atomic mass is 10.1. The first-order chi connectivity index (χ1) is 13.0. The van der Waals surface area contributed by atoms with Gasteiger partial charge in [0, 0.05) is 22.4 Å². The van der Waals surface area contributed by atoms with Crippen molar-refractivity contribution in [3.05, 3.63) is 45.1 Å². The normalized spacial score (nSPS) is 11.0. The Morgan fingerprint density at radius 2 is 2.07 bits per heavy atom. The highest BCUT2D eigenvalue weighted by molar-refractivity contribution is 7.99. The Bertz CT molecular complexity index is 951. The molecule has 0 aliphatic heterocycles. The van der Waals surface area contributed by atoms with Crippen molar-refractivity contribution < 1.29 is 4.79 Å². The van der Waals surface area contributed by atoms with E-state index >= 15 is 0 Å². The maximum absolute atomic E-state index is 12.3. The molecular weight excluding hydrogens is 400 g/mol. The fraction of sp³-hybridized carbons (Fsp3) is 0.316. The van der Waals surface area contributed by atoms with E-state index in [1.807, 2.05) is 12.1 Å². The second-order valence-electron chi connectivity index (χ2n) is 5.90. The molecule has 0 spiro atoms. The molecule has 142 valence electrons. The van der Waals surface area contributed by atoms with Crippen molar-refractivity contribution in [3.8, 4) is 11.4 Å². The SMILES string of the molecule is CCc1c(-c2nnc(SCC(=O)Nc3ccccc3Cl)n2CC)csc1C. The molecule has 0 saturated heterocycles. The second kappa shape index (κ2) is 8.91. The molecule has 1 aromatic carbocycles. The Morgan fingerprint density at radius 1 is 1.30 bits per heavy atom. The fourth-order valence-electron chi connectivity index (χ4n) is 2.87. The van der Waals surface area contributed by atoms with Crippen molar-refractivity contribution in [3.63, 3.8) is 0 Å². The number of carbonyl (C=O) groups excluding carboxylic acids is 1. The molecule has 3 rings (SSSR count). The van der Waals surface area contributed by atoms with E-state index in [1.54, 1.807) is 23.5 Å². The van der Waals surface area contributed by atoms with E-state index in [2.05, 4.69) is 46.2 Å². The molecule has 3 aromatic rings. The van der Waals surface area contributed by atoms with E-state index in [4.69, 9.17) is 11.6 Å². The third-order valence-electron chi connectivity index (χ3n) is 4.21. The van der Waals surface area contributed by atoms with Crippen molar-refractivity contribution in [2.45, 2.75) is 38.9 Å². The molecule has 8 heteroatoms. The van der Waals surface area contributed by atoms with Crippen LogP contribution in [0.25, 0.3) is 11.4 Å². The zero-order valence-electron chi connectivity index (χ0n) is 15.5. The smallest absolute Gasteiger partial charge is 0.234 e. The molecule has 0 atom stereocenters. The summed E-state index contributed by atoms with van der Waals surface area (Å²) < 4.78 is 2.06. The van der Waals surface area contributed by atoms with Gasteiger partial charge in [-0.2, -0.15) is 0 Å². The standard InChI is InChI=1S/C19H21ClN4OS2/c1-4-13-12(3)26-10-14(13)18-22-23-19(24(18)5-2)27-11-17(25)21-16-9-7-6-8-15(16)20/h6-10H,4-5,11H2,1-3H3,(H,21,25). The number of para-hydroxylation sites is 1. The maximum atomic E-state index is 12.3. The average Bonchev–Trinajstić information content (AvgIpc) is 3.24. The first kappa shape index (κ1) is 19.9. The van der Waals surface area contributed by atoms with Crippen LogP contribution in [-0.4, -0.2) is 26.4 Å². The molecule has 0 aliphatic rings. The predicted octanol–water partition coefficient (Wildman–Crippen LogP) is 5.28. The molecule has 0 saturated carbocycles. The molecule has 2 aromatic heterocycles. The van der Waals surface area contributed by atoms with Gasteiger partial charge in [0.05, 0.1) is 16.5 Å². The minimum absolute atomic E-state index is 0.124. The van der Waals surface area contributed by atoms with E-state index in [0.29, 0.717) is 10.7 Å². The molecule has 1 amide bonds. The van der Waals surface area contributed by atoms with E-state index in [-0.39, 0.29) is 11.7 Å². The van der Waals surface area contributed by atoms with Gasteiger partial charge in [0.2, 0.25) is 5.91 Å². The van der Waals surface area contributed by atoms with Crippen molar-refractivity contribution in [1.29, 1.82) is 0 Å². The number of aromatic nitrogens is 3. The zero-order chi connectivity index (χ0) is 19.4. The number of nitrogens with one attached hydrogen (secondary N) is 1. The Balaban J connectivity index is 1.73. The van der Waals surface area contributed by atoms with Crippen LogP contribution >= 0.6 is 34.7 Å². The van der Waals surface area contributed by atoms with Crippen LogP contribution in [0, 0.1) is 6.92 Å². The molecule has 2 heterocycles. The van der Waals surface area contributed by atoms with Crippen LogP contribution in [-0.2, 0) is 17.8 Å². The first-order valence-electron chi connectivity index (χ1n) is 8.72. The number of benzene rings is 1. The number of hydrogen-bond acceptors (Lipinski definition) is 5. The Kier molecular flexibility index (Phi) is 6.57. The molecule has 0 aliphatic carbocycles. The van der Waals surface area contributed by atoms with Gasteiger partial charge >= 0.3 is 0 Å². The lowest BCUT2D eigenvalue weighted by molar-refractivity contribution is -0.113. The third-order valence-corrected chi connectivity index (χ3v) is 6.46. The molecular formula is C19H21ClN4OS2. The van der Waals surface area contributed by atoms with Gasteiger partial charge in [-0.25, -0.2) is 0 Å². The van der Waals surface area contributed by atoms with Gasteiger partial charge < -0.3 is 9.88 Å². The number of amides is 1. The highest BCUT2D eigenvalue weighted by atomic mass is 35.5. The van der Waals surface area contributed by atoms with Crippen LogP contribution in [0.15, 0.2) is 34.8 Å². The fourth-order valence-corrected chi connectivity index (χ4v) is 4.79. The predicted molar refractivity (Wildman–Crippen MR) is 114 cm³/mol. The number of nitrogens with zero attached hydrogens (tertiary/aromatic N) is 3. The van der Waals surface area contributed by atoms with Crippen molar-refractivity contribution >= 4 is 46.3 Å². The summed E-state index contributed by atoms with van der Waals surface area (Å²) in [6.45, 7) is 7.09. The van der Waals surface area contributed by atoms with Crippen LogP contribution < -0.4 is 5.32 Å². The second-order valence-corrected chi connectivity index (χ2v) is 8.34. The number of thiophene rings is 1. The number of anilines is 1. The van der Waals surface area contributed by atoms with Crippen molar-refractivity contribution in [1.82, 2.24) is 14.8 Å². The molecule has 0 bridgehead atoms. The minimum atomic E-state index is -0.124. The summed E-state index contributed by atoms with van der Waals surface area (Å²) >= 11 is 9.20. The number of rotatable bonds is 7. The highest BCUT2D eigenvalue weighted by Gasteiger charge is 2.18. The van der Waals surface area contributed by atoms with Crippen molar-refractivity contribution in [2.75, 3.05) is 11.1 Å². The summed E-state index contributed by atoms with van der Waals surface area (Å²) in [4.78, 5) is 13.6. The summed E-state index contributed by atoms with van der Waals surface area (Å²) in [7, 11) is 0. The third kappa shape index (κ3) is 4.36. The summed E-state index contributed by atoms with van der Waals surface area (Å²) in [5.74, 6) is 0.987. The van der Waals surface area contributed by atoms with Crippen LogP contribution in [0.4, 0.5) is 5.69 Å². The summed E-state index contributed by atoms with van der Waals surface area (Å²) in [6.07, 6.45) is 0.962. The van der Waals surface area contributed by atoms with Crippen LogP contribution in [0.5, 0.6) is 0 Å².